The van der Waals surface area contributed by atoms with Crippen molar-refractivity contribution in [2.45, 2.75) is 38.9 Å². The molecular weight excluding hydrogens is 346 g/mol. The summed E-state index contributed by atoms with van der Waals surface area (Å²) in [6, 6.07) is 15.2. The van der Waals surface area contributed by atoms with Crippen LogP contribution in [-0.4, -0.2) is 27.6 Å². The maximum absolute atomic E-state index is 12.7. The van der Waals surface area contributed by atoms with Gasteiger partial charge in [-0.1, -0.05) is 18.2 Å². The molecule has 0 fully saturated rings. The van der Waals surface area contributed by atoms with Crippen LogP contribution in [0, 0.1) is 0 Å². The third-order valence-corrected chi connectivity index (χ3v) is 5.11. The number of ketones is 1. The van der Waals surface area contributed by atoms with Crippen molar-refractivity contribution in [1.29, 1.82) is 0 Å². The van der Waals surface area contributed by atoms with Gasteiger partial charge >= 0.3 is 0 Å². The Morgan fingerprint density at radius 1 is 1.08 bits per heavy atom. The van der Waals surface area contributed by atoms with Crippen molar-refractivity contribution < 1.29 is 13.7 Å². The highest BCUT2D eigenvalue weighted by atomic mass is 32.2. The lowest BCUT2D eigenvalue weighted by Gasteiger charge is -2.16. The zero-order valence-electron chi connectivity index (χ0n) is 15.9. The van der Waals surface area contributed by atoms with Crippen LogP contribution < -0.4 is 4.74 Å². The highest BCUT2D eigenvalue weighted by Crippen LogP contribution is 2.20. The molecule has 0 N–H and O–H groups in total. The van der Waals surface area contributed by atoms with Gasteiger partial charge in [0.05, 0.1) is 17.6 Å². The standard InChI is InChI=1S/C21H25NO3S/c1-15(23)13-16-7-6-8-18(14-16)20(22-26(24)21(2,3)4)17-9-11-19(25-5)12-10-17/h6-12,14H,13H2,1-5H3/b22-20+. The Labute approximate surface area is 157 Å². The van der Waals surface area contributed by atoms with Crippen molar-refractivity contribution in [1.82, 2.24) is 0 Å². The Balaban J connectivity index is 2.54. The molecule has 0 amide bonds. The molecule has 0 aromatic heterocycles. The maximum atomic E-state index is 12.7. The van der Waals surface area contributed by atoms with Crippen molar-refractivity contribution in [3.63, 3.8) is 0 Å². The Bertz CT molecular complexity index is 833. The summed E-state index contributed by atoms with van der Waals surface area (Å²) in [5.41, 5.74) is 3.25. The maximum Gasteiger partial charge on any atom is 0.145 e. The van der Waals surface area contributed by atoms with Gasteiger partial charge in [0.15, 0.2) is 0 Å². The Morgan fingerprint density at radius 3 is 2.27 bits per heavy atom. The quantitative estimate of drug-likeness (QED) is 0.718. The number of carbonyl (C=O) groups is 1. The van der Waals surface area contributed by atoms with Crippen LogP contribution in [0.3, 0.4) is 0 Å². The van der Waals surface area contributed by atoms with Crippen molar-refractivity contribution in [2.75, 3.05) is 7.11 Å². The molecule has 0 heterocycles. The topological polar surface area (TPSA) is 55.7 Å². The first-order valence-electron chi connectivity index (χ1n) is 8.44. The summed E-state index contributed by atoms with van der Waals surface area (Å²) in [6.07, 6.45) is 0.367. The molecule has 0 saturated heterocycles. The Morgan fingerprint density at radius 2 is 1.73 bits per heavy atom. The predicted molar refractivity (Wildman–Crippen MR) is 107 cm³/mol. The lowest BCUT2D eigenvalue weighted by atomic mass is 9.99. The Kier molecular flexibility index (Phi) is 6.48. The minimum Gasteiger partial charge on any atom is -0.497 e. The smallest absolute Gasteiger partial charge is 0.145 e. The van der Waals surface area contributed by atoms with Crippen molar-refractivity contribution in [3.8, 4) is 5.75 Å². The van der Waals surface area contributed by atoms with Crippen LogP contribution in [0.1, 0.15) is 44.4 Å². The van der Waals surface area contributed by atoms with Crippen LogP contribution in [0.4, 0.5) is 0 Å². The first-order chi connectivity index (χ1) is 12.2. The van der Waals surface area contributed by atoms with E-state index in [0.717, 1.165) is 22.4 Å². The summed E-state index contributed by atoms with van der Waals surface area (Å²) in [5.74, 6) is 0.846. The number of hydrogen-bond donors (Lipinski definition) is 0. The molecule has 0 saturated carbocycles. The molecule has 0 aliphatic carbocycles. The van der Waals surface area contributed by atoms with E-state index in [0.29, 0.717) is 12.1 Å². The molecule has 0 bridgehead atoms. The van der Waals surface area contributed by atoms with Gasteiger partial charge in [0.2, 0.25) is 0 Å². The summed E-state index contributed by atoms with van der Waals surface area (Å²) < 4.78 is 21.9. The number of rotatable bonds is 6. The fourth-order valence-electron chi connectivity index (χ4n) is 2.36. The third-order valence-electron chi connectivity index (χ3n) is 3.72. The van der Waals surface area contributed by atoms with Gasteiger partial charge in [0.1, 0.15) is 22.5 Å². The lowest BCUT2D eigenvalue weighted by Crippen LogP contribution is -2.21. The van der Waals surface area contributed by atoms with Crippen LogP contribution in [0.2, 0.25) is 0 Å². The first kappa shape index (κ1) is 20.0. The lowest BCUT2D eigenvalue weighted by molar-refractivity contribution is -0.116. The first-order valence-corrected chi connectivity index (χ1v) is 9.55. The molecule has 1 atom stereocenters. The van der Waals surface area contributed by atoms with Gasteiger partial charge in [-0.05, 0) is 63.6 Å². The average molecular weight is 372 g/mol. The van der Waals surface area contributed by atoms with Crippen LogP contribution in [-0.2, 0) is 22.2 Å². The normalized spacial score (nSPS) is 13.3. The number of hydrogen-bond acceptors (Lipinski definition) is 3. The molecule has 0 aliphatic heterocycles. The van der Waals surface area contributed by atoms with Gasteiger partial charge in [0.25, 0.3) is 0 Å². The van der Waals surface area contributed by atoms with E-state index in [1.54, 1.807) is 14.0 Å². The van der Waals surface area contributed by atoms with Gasteiger partial charge < -0.3 is 4.74 Å². The Hall–Kier alpha value is -2.27. The van der Waals surface area contributed by atoms with Crippen LogP contribution in [0.15, 0.2) is 52.9 Å². The molecule has 0 spiro atoms. The summed E-state index contributed by atoms with van der Waals surface area (Å²) >= 11 is 0. The van der Waals surface area contributed by atoms with E-state index in [4.69, 9.17) is 4.74 Å². The predicted octanol–water partition coefficient (Wildman–Crippen LogP) is 4.13. The van der Waals surface area contributed by atoms with Crippen LogP contribution >= 0.6 is 0 Å². The molecule has 2 rings (SSSR count). The summed E-state index contributed by atoms with van der Waals surface area (Å²) in [6.45, 7) is 7.25. The molecule has 2 aromatic rings. The molecule has 0 radical (unpaired) electrons. The minimum atomic E-state index is -1.40. The van der Waals surface area contributed by atoms with Gasteiger partial charge in [-0.2, -0.15) is 4.40 Å². The fraction of sp³-hybridized carbons (Fsp3) is 0.333. The summed E-state index contributed by atoms with van der Waals surface area (Å²) in [5, 5.41) is 0. The van der Waals surface area contributed by atoms with Crippen LogP contribution in [0.25, 0.3) is 0 Å². The van der Waals surface area contributed by atoms with E-state index >= 15 is 0 Å². The monoisotopic (exact) mass is 371 g/mol. The molecule has 1 unspecified atom stereocenters. The van der Waals surface area contributed by atoms with Crippen molar-refractivity contribution in [2.24, 2.45) is 4.40 Å². The number of Topliss-reactive ketones (excluding diaryl/α,β-unsaturated/α-hetero) is 1. The van der Waals surface area contributed by atoms with Gasteiger partial charge in [-0.25, -0.2) is 4.21 Å². The highest BCUT2D eigenvalue weighted by Gasteiger charge is 2.21. The number of ether oxygens (including phenoxy) is 1. The zero-order chi connectivity index (χ0) is 19.3. The summed E-state index contributed by atoms with van der Waals surface area (Å²) in [4.78, 5) is 11.5. The van der Waals surface area contributed by atoms with Gasteiger partial charge in [-0.3, -0.25) is 4.79 Å². The average Bonchev–Trinajstić information content (AvgIpc) is 2.58. The second-order valence-corrected chi connectivity index (χ2v) is 9.01. The second-order valence-electron chi connectivity index (χ2n) is 7.11. The molecule has 0 aliphatic rings. The van der Waals surface area contributed by atoms with E-state index in [-0.39, 0.29) is 5.78 Å². The second kappa shape index (κ2) is 8.41. The molecule has 138 valence electrons. The SMILES string of the molecule is COc1ccc(/C(=N\S(=O)C(C)(C)C)c2cccc(CC(C)=O)c2)cc1. The minimum absolute atomic E-state index is 0.100. The van der Waals surface area contributed by atoms with E-state index in [1.165, 1.54) is 0 Å². The number of benzene rings is 2. The van der Waals surface area contributed by atoms with Gasteiger partial charge in [-0.15, -0.1) is 0 Å². The summed E-state index contributed by atoms with van der Waals surface area (Å²) in [7, 11) is 0.212. The van der Waals surface area contributed by atoms with Crippen LogP contribution in [0.5, 0.6) is 5.75 Å². The van der Waals surface area contributed by atoms with E-state index in [2.05, 4.69) is 4.40 Å². The largest absolute Gasteiger partial charge is 0.497 e. The molecule has 5 heteroatoms. The molecule has 26 heavy (non-hydrogen) atoms. The van der Waals surface area contributed by atoms with E-state index in [1.807, 2.05) is 69.3 Å². The van der Waals surface area contributed by atoms with Crippen molar-refractivity contribution >= 4 is 22.5 Å². The van der Waals surface area contributed by atoms with Crippen molar-refractivity contribution in [3.05, 3.63) is 65.2 Å². The van der Waals surface area contributed by atoms with Gasteiger partial charge in [0, 0.05) is 17.5 Å². The molecule has 4 nitrogen and oxygen atoms in total. The zero-order valence-corrected chi connectivity index (χ0v) is 16.7. The van der Waals surface area contributed by atoms with E-state index in [9.17, 15) is 9.00 Å². The number of methoxy groups -OCH3 is 1. The fourth-order valence-corrected chi connectivity index (χ4v) is 3.01. The van der Waals surface area contributed by atoms with E-state index < -0.39 is 15.7 Å². The number of nitrogens with zero attached hydrogens (tertiary/aromatic N) is 1. The highest BCUT2D eigenvalue weighted by molar-refractivity contribution is 7.85. The third kappa shape index (κ3) is 5.36. The molecule has 2 aromatic carbocycles. The number of carbonyl (C=O) groups excluding carboxylic acids is 1. The molecular formula is C21H25NO3S.